The molecular weight excluding hydrogens is 242 g/mol. The lowest BCUT2D eigenvalue weighted by atomic mass is 9.93. The molecule has 0 aromatic rings. The van der Waals surface area contributed by atoms with E-state index in [1.54, 1.807) is 0 Å². The van der Waals surface area contributed by atoms with Crippen molar-refractivity contribution in [3.8, 4) is 0 Å². The third-order valence-electron chi connectivity index (χ3n) is 2.07. The van der Waals surface area contributed by atoms with Crippen LogP contribution in [0.15, 0.2) is 0 Å². The molecule has 1 atom stereocenters. The van der Waals surface area contributed by atoms with Gasteiger partial charge in [-0.3, -0.25) is 10.1 Å². The van der Waals surface area contributed by atoms with E-state index in [1.165, 1.54) is 6.92 Å². The van der Waals surface area contributed by atoms with E-state index in [0.29, 0.717) is 6.54 Å². The number of hydrogen-bond donors (Lipinski definition) is 2. The Kier molecular flexibility index (Phi) is 6.49. The Labute approximate surface area is 108 Å². The maximum atomic E-state index is 11.4. The second kappa shape index (κ2) is 6.81. The van der Waals surface area contributed by atoms with Crippen LogP contribution in [0.1, 0.15) is 20.8 Å². The number of nitrogens with one attached hydrogen (secondary N) is 2. The molecule has 0 aliphatic carbocycles. The number of urea groups is 1. The highest BCUT2D eigenvalue weighted by molar-refractivity contribution is 6.31. The highest BCUT2D eigenvalue weighted by Gasteiger charge is 2.20. The summed E-state index contributed by atoms with van der Waals surface area (Å²) in [5, 5.41) is 4.12. The minimum Gasteiger partial charge on any atom is -0.337 e. The molecule has 0 heterocycles. The molecule has 0 bridgehead atoms. The van der Waals surface area contributed by atoms with Crippen molar-refractivity contribution in [3.05, 3.63) is 0 Å². The Morgan fingerprint density at radius 1 is 1.35 bits per heavy atom. The summed E-state index contributed by atoms with van der Waals surface area (Å²) < 4.78 is 0. The fraction of sp³-hybridized carbons (Fsp3) is 0.818. The zero-order chi connectivity index (χ0) is 13.6. The van der Waals surface area contributed by atoms with Crippen LogP contribution in [0.2, 0.25) is 0 Å². The Bertz CT molecular complexity index is 278. The minimum absolute atomic E-state index is 0.0591. The molecule has 0 rings (SSSR count). The molecule has 0 saturated heterocycles. The van der Waals surface area contributed by atoms with Gasteiger partial charge in [0.2, 0.25) is 5.91 Å². The first-order valence-electron chi connectivity index (χ1n) is 5.51. The van der Waals surface area contributed by atoms with Crippen molar-refractivity contribution < 1.29 is 9.59 Å². The molecule has 3 amide bonds. The standard InChI is InChI=1S/C11H22ClN3O2/c1-8(12)9(16)14-10(17)13-6-11(2,3)7-15(4)5/h8H,6-7H2,1-5H3,(H2,13,14,16,17). The van der Waals surface area contributed by atoms with E-state index in [0.717, 1.165) is 6.54 Å². The number of rotatable bonds is 5. The van der Waals surface area contributed by atoms with Crippen LogP contribution < -0.4 is 10.6 Å². The van der Waals surface area contributed by atoms with E-state index in [9.17, 15) is 9.59 Å². The van der Waals surface area contributed by atoms with Gasteiger partial charge in [-0.1, -0.05) is 13.8 Å². The molecule has 0 aliphatic heterocycles. The van der Waals surface area contributed by atoms with E-state index in [-0.39, 0.29) is 5.41 Å². The highest BCUT2D eigenvalue weighted by atomic mass is 35.5. The van der Waals surface area contributed by atoms with Crippen LogP contribution in [0, 0.1) is 5.41 Å². The zero-order valence-corrected chi connectivity index (χ0v) is 11.9. The van der Waals surface area contributed by atoms with E-state index in [2.05, 4.69) is 10.6 Å². The Morgan fingerprint density at radius 2 is 1.88 bits per heavy atom. The Morgan fingerprint density at radius 3 is 2.29 bits per heavy atom. The SMILES string of the molecule is CC(Cl)C(=O)NC(=O)NCC(C)(C)CN(C)C. The van der Waals surface area contributed by atoms with Gasteiger partial charge in [-0.2, -0.15) is 0 Å². The summed E-state index contributed by atoms with van der Waals surface area (Å²) >= 11 is 5.53. The lowest BCUT2D eigenvalue weighted by Gasteiger charge is -2.28. The number of imide groups is 1. The topological polar surface area (TPSA) is 61.4 Å². The van der Waals surface area contributed by atoms with Gasteiger partial charge in [0.15, 0.2) is 0 Å². The van der Waals surface area contributed by atoms with Crippen LogP contribution in [0.5, 0.6) is 0 Å². The molecule has 17 heavy (non-hydrogen) atoms. The summed E-state index contributed by atoms with van der Waals surface area (Å²) in [6, 6.07) is -0.505. The van der Waals surface area contributed by atoms with Gasteiger partial charge in [-0.15, -0.1) is 11.6 Å². The summed E-state index contributed by atoms with van der Waals surface area (Å²) in [5.74, 6) is -0.491. The Balaban J connectivity index is 4.03. The zero-order valence-electron chi connectivity index (χ0n) is 11.1. The molecule has 0 saturated carbocycles. The van der Waals surface area contributed by atoms with Crippen molar-refractivity contribution >= 4 is 23.5 Å². The third-order valence-corrected chi connectivity index (χ3v) is 2.27. The average molecular weight is 264 g/mol. The van der Waals surface area contributed by atoms with E-state index >= 15 is 0 Å². The van der Waals surface area contributed by atoms with E-state index in [4.69, 9.17) is 11.6 Å². The molecule has 0 aromatic carbocycles. The second-order valence-electron chi connectivity index (χ2n) is 5.19. The molecule has 2 N–H and O–H groups in total. The fourth-order valence-corrected chi connectivity index (χ4v) is 1.54. The van der Waals surface area contributed by atoms with Crippen LogP contribution in [0.3, 0.4) is 0 Å². The van der Waals surface area contributed by atoms with Crippen molar-refractivity contribution in [2.75, 3.05) is 27.2 Å². The molecule has 0 aliphatic rings. The number of amides is 3. The normalized spacial score (nSPS) is 13.4. The fourth-order valence-electron chi connectivity index (χ4n) is 1.49. The van der Waals surface area contributed by atoms with Gasteiger partial charge in [-0.05, 0) is 26.4 Å². The van der Waals surface area contributed by atoms with Crippen LogP contribution >= 0.6 is 11.6 Å². The number of alkyl halides is 1. The quantitative estimate of drug-likeness (QED) is 0.729. The van der Waals surface area contributed by atoms with Crippen LogP contribution in [0.4, 0.5) is 4.79 Å². The number of carbonyl (C=O) groups excluding carboxylic acids is 2. The number of nitrogens with zero attached hydrogens (tertiary/aromatic N) is 1. The summed E-state index contributed by atoms with van der Waals surface area (Å²) in [4.78, 5) is 24.6. The first-order valence-corrected chi connectivity index (χ1v) is 5.95. The second-order valence-corrected chi connectivity index (χ2v) is 5.84. The molecule has 0 fully saturated rings. The van der Waals surface area contributed by atoms with Crippen molar-refractivity contribution in [3.63, 3.8) is 0 Å². The van der Waals surface area contributed by atoms with Gasteiger partial charge in [0, 0.05) is 13.1 Å². The first-order chi connectivity index (χ1) is 7.64. The largest absolute Gasteiger partial charge is 0.337 e. The van der Waals surface area contributed by atoms with Crippen molar-refractivity contribution in [2.45, 2.75) is 26.1 Å². The average Bonchev–Trinajstić information content (AvgIpc) is 2.12. The molecule has 1 unspecified atom stereocenters. The van der Waals surface area contributed by atoms with Gasteiger partial charge in [-0.25, -0.2) is 4.79 Å². The van der Waals surface area contributed by atoms with Crippen LogP contribution in [0.25, 0.3) is 0 Å². The summed E-state index contributed by atoms with van der Waals surface area (Å²) in [6.07, 6.45) is 0. The molecule has 0 spiro atoms. The van der Waals surface area contributed by atoms with Crippen molar-refractivity contribution in [1.82, 2.24) is 15.5 Å². The molecule has 0 aromatic heterocycles. The smallest absolute Gasteiger partial charge is 0.321 e. The third kappa shape index (κ3) is 7.99. The summed E-state index contributed by atoms with van der Waals surface area (Å²) in [5.41, 5.74) is -0.0591. The molecular formula is C11H22ClN3O2. The minimum atomic E-state index is -0.712. The number of halogens is 1. The number of hydrogen-bond acceptors (Lipinski definition) is 3. The van der Waals surface area contributed by atoms with Crippen molar-refractivity contribution in [2.24, 2.45) is 5.41 Å². The van der Waals surface area contributed by atoms with Gasteiger partial charge in [0.1, 0.15) is 5.38 Å². The molecule has 6 heteroatoms. The lowest BCUT2D eigenvalue weighted by molar-refractivity contribution is -0.119. The molecule has 5 nitrogen and oxygen atoms in total. The molecule has 100 valence electrons. The van der Waals surface area contributed by atoms with Crippen molar-refractivity contribution in [1.29, 1.82) is 0 Å². The predicted octanol–water partition coefficient (Wildman–Crippen LogP) is 1.03. The molecule has 0 radical (unpaired) electrons. The highest BCUT2D eigenvalue weighted by Crippen LogP contribution is 2.13. The Hall–Kier alpha value is -0.810. The van der Waals surface area contributed by atoms with Gasteiger partial charge >= 0.3 is 6.03 Å². The van der Waals surface area contributed by atoms with E-state index < -0.39 is 17.3 Å². The van der Waals surface area contributed by atoms with Crippen LogP contribution in [-0.2, 0) is 4.79 Å². The predicted molar refractivity (Wildman–Crippen MR) is 69.2 cm³/mol. The van der Waals surface area contributed by atoms with Gasteiger partial charge < -0.3 is 10.2 Å². The monoisotopic (exact) mass is 263 g/mol. The summed E-state index contributed by atoms with van der Waals surface area (Å²) in [7, 11) is 3.95. The lowest BCUT2D eigenvalue weighted by Crippen LogP contribution is -2.47. The summed E-state index contributed by atoms with van der Waals surface area (Å²) in [6.45, 7) is 6.92. The van der Waals surface area contributed by atoms with Gasteiger partial charge in [0.25, 0.3) is 0 Å². The van der Waals surface area contributed by atoms with Crippen LogP contribution in [-0.4, -0.2) is 49.4 Å². The number of carbonyl (C=O) groups is 2. The van der Waals surface area contributed by atoms with Gasteiger partial charge in [0.05, 0.1) is 0 Å². The first kappa shape index (κ1) is 16.2. The van der Waals surface area contributed by atoms with E-state index in [1.807, 2.05) is 32.8 Å². The maximum Gasteiger partial charge on any atom is 0.321 e. The maximum absolute atomic E-state index is 11.4.